The first kappa shape index (κ1) is 12.7. The van der Waals surface area contributed by atoms with Gasteiger partial charge < -0.3 is 10.2 Å². The largest absolute Gasteiger partial charge is 0.342 e. The van der Waals surface area contributed by atoms with Crippen molar-refractivity contribution in [3.05, 3.63) is 17.5 Å². The van der Waals surface area contributed by atoms with Crippen LogP contribution in [0.5, 0.6) is 0 Å². The molecule has 0 saturated carbocycles. The Bertz CT molecular complexity index is 474. The lowest BCUT2D eigenvalue weighted by molar-refractivity contribution is -0.134. The molecule has 1 fully saturated rings. The predicted octanol–water partition coefficient (Wildman–Crippen LogP) is 0.865. The molecule has 0 bridgehead atoms. The lowest BCUT2D eigenvalue weighted by Gasteiger charge is -2.34. The molecule has 0 aliphatic carbocycles. The monoisotopic (exact) mass is 262 g/mol. The SMILES string of the molecule is CC1CCN(C(=O)[C@H]2CNCc3cn(C)nc32)CC1. The van der Waals surface area contributed by atoms with Gasteiger partial charge in [-0.15, -0.1) is 0 Å². The molecule has 19 heavy (non-hydrogen) atoms. The van der Waals surface area contributed by atoms with Crippen molar-refractivity contribution in [2.24, 2.45) is 13.0 Å². The van der Waals surface area contributed by atoms with Crippen molar-refractivity contribution >= 4 is 5.91 Å². The Balaban J connectivity index is 1.77. The van der Waals surface area contributed by atoms with Gasteiger partial charge in [0.2, 0.25) is 5.91 Å². The van der Waals surface area contributed by atoms with E-state index in [4.69, 9.17) is 0 Å². The summed E-state index contributed by atoms with van der Waals surface area (Å²) in [7, 11) is 1.92. The Morgan fingerprint density at radius 3 is 2.89 bits per heavy atom. The van der Waals surface area contributed by atoms with Gasteiger partial charge in [0.05, 0.1) is 11.6 Å². The summed E-state index contributed by atoms with van der Waals surface area (Å²) in [6, 6.07) is 0. The molecule has 104 valence electrons. The second kappa shape index (κ2) is 4.96. The third kappa shape index (κ3) is 2.39. The number of carbonyl (C=O) groups excluding carboxylic acids is 1. The van der Waals surface area contributed by atoms with Crippen LogP contribution >= 0.6 is 0 Å². The first-order chi connectivity index (χ1) is 9.15. The molecular formula is C14H22N4O. The topological polar surface area (TPSA) is 50.2 Å². The van der Waals surface area contributed by atoms with Crippen LogP contribution in [0.2, 0.25) is 0 Å². The fraction of sp³-hybridized carbons (Fsp3) is 0.714. The zero-order chi connectivity index (χ0) is 13.4. The highest BCUT2D eigenvalue weighted by molar-refractivity contribution is 5.84. The summed E-state index contributed by atoms with van der Waals surface area (Å²) < 4.78 is 1.82. The minimum atomic E-state index is -0.0987. The number of amides is 1. The molecule has 1 aromatic rings. The van der Waals surface area contributed by atoms with Crippen LogP contribution in [0.4, 0.5) is 0 Å². The average Bonchev–Trinajstić information content (AvgIpc) is 2.78. The van der Waals surface area contributed by atoms with Gasteiger partial charge in [-0.3, -0.25) is 9.48 Å². The zero-order valence-electron chi connectivity index (χ0n) is 11.7. The molecule has 2 aliphatic heterocycles. The summed E-state index contributed by atoms with van der Waals surface area (Å²) in [5, 5.41) is 7.82. The van der Waals surface area contributed by atoms with Crippen LogP contribution in [0, 0.1) is 5.92 Å². The van der Waals surface area contributed by atoms with Crippen LogP contribution in [0.3, 0.4) is 0 Å². The number of hydrogen-bond acceptors (Lipinski definition) is 3. The number of aryl methyl sites for hydroxylation is 1. The molecular weight excluding hydrogens is 240 g/mol. The van der Waals surface area contributed by atoms with E-state index in [-0.39, 0.29) is 11.8 Å². The zero-order valence-corrected chi connectivity index (χ0v) is 11.7. The van der Waals surface area contributed by atoms with E-state index in [1.807, 2.05) is 22.8 Å². The van der Waals surface area contributed by atoms with Gasteiger partial charge in [0.25, 0.3) is 0 Å². The normalized spacial score (nSPS) is 24.3. The Morgan fingerprint density at radius 1 is 1.42 bits per heavy atom. The molecule has 5 nitrogen and oxygen atoms in total. The summed E-state index contributed by atoms with van der Waals surface area (Å²) >= 11 is 0. The van der Waals surface area contributed by atoms with Gasteiger partial charge in [0, 0.05) is 45.0 Å². The molecule has 0 unspecified atom stereocenters. The summed E-state index contributed by atoms with van der Waals surface area (Å²) in [5.41, 5.74) is 2.14. The lowest BCUT2D eigenvalue weighted by atomic mass is 9.94. The number of nitrogens with zero attached hydrogens (tertiary/aromatic N) is 3. The standard InChI is InChI=1S/C14H22N4O/c1-10-3-5-18(6-4-10)14(19)12-8-15-7-11-9-17(2)16-13(11)12/h9-10,12,15H,3-8H2,1-2H3/t12-/m0/s1. The quantitative estimate of drug-likeness (QED) is 0.817. The van der Waals surface area contributed by atoms with Crippen molar-refractivity contribution in [1.29, 1.82) is 0 Å². The molecule has 2 aliphatic rings. The lowest BCUT2D eigenvalue weighted by Crippen LogP contribution is -2.44. The van der Waals surface area contributed by atoms with Crippen molar-refractivity contribution in [2.75, 3.05) is 19.6 Å². The van der Waals surface area contributed by atoms with E-state index in [1.165, 1.54) is 0 Å². The van der Waals surface area contributed by atoms with Gasteiger partial charge in [0.1, 0.15) is 0 Å². The summed E-state index contributed by atoms with van der Waals surface area (Å²) in [5.74, 6) is 0.899. The Morgan fingerprint density at radius 2 is 2.16 bits per heavy atom. The number of likely N-dealkylation sites (tertiary alicyclic amines) is 1. The highest BCUT2D eigenvalue weighted by Crippen LogP contribution is 2.26. The van der Waals surface area contributed by atoms with Gasteiger partial charge >= 0.3 is 0 Å². The van der Waals surface area contributed by atoms with Gasteiger partial charge in [-0.2, -0.15) is 5.10 Å². The molecule has 0 spiro atoms. The molecule has 1 saturated heterocycles. The van der Waals surface area contributed by atoms with E-state index in [0.717, 1.165) is 56.2 Å². The van der Waals surface area contributed by atoms with Gasteiger partial charge in [-0.1, -0.05) is 6.92 Å². The number of piperidine rings is 1. The molecule has 3 rings (SSSR count). The van der Waals surface area contributed by atoms with E-state index in [2.05, 4.69) is 17.3 Å². The molecule has 5 heteroatoms. The minimum absolute atomic E-state index is 0.0987. The fourth-order valence-corrected chi connectivity index (χ4v) is 3.09. The Hall–Kier alpha value is -1.36. The molecule has 1 N–H and O–H groups in total. The van der Waals surface area contributed by atoms with E-state index in [1.54, 1.807) is 0 Å². The number of carbonyl (C=O) groups is 1. The second-order valence-corrected chi connectivity index (χ2v) is 5.90. The van der Waals surface area contributed by atoms with Crippen LogP contribution in [0.25, 0.3) is 0 Å². The number of fused-ring (bicyclic) bond motifs is 1. The summed E-state index contributed by atoms with van der Waals surface area (Å²) in [6.07, 6.45) is 4.27. The van der Waals surface area contributed by atoms with Crippen molar-refractivity contribution in [1.82, 2.24) is 20.0 Å². The van der Waals surface area contributed by atoms with Crippen molar-refractivity contribution in [3.8, 4) is 0 Å². The van der Waals surface area contributed by atoms with Gasteiger partial charge in [0.15, 0.2) is 0 Å². The average molecular weight is 262 g/mol. The van der Waals surface area contributed by atoms with Crippen LogP contribution < -0.4 is 5.32 Å². The third-order valence-corrected chi connectivity index (χ3v) is 4.32. The second-order valence-electron chi connectivity index (χ2n) is 5.90. The molecule has 1 atom stereocenters. The van der Waals surface area contributed by atoms with Crippen molar-refractivity contribution < 1.29 is 4.79 Å². The number of hydrogen-bond donors (Lipinski definition) is 1. The van der Waals surface area contributed by atoms with E-state index < -0.39 is 0 Å². The maximum Gasteiger partial charge on any atom is 0.233 e. The van der Waals surface area contributed by atoms with E-state index in [9.17, 15) is 4.79 Å². The molecule has 0 radical (unpaired) electrons. The Kier molecular flexibility index (Phi) is 3.31. The molecule has 1 aromatic heterocycles. The number of rotatable bonds is 1. The molecule has 0 aromatic carbocycles. The third-order valence-electron chi connectivity index (χ3n) is 4.32. The summed E-state index contributed by atoms with van der Waals surface area (Å²) in [6.45, 7) is 5.61. The van der Waals surface area contributed by atoms with E-state index >= 15 is 0 Å². The minimum Gasteiger partial charge on any atom is -0.342 e. The fourth-order valence-electron chi connectivity index (χ4n) is 3.09. The maximum absolute atomic E-state index is 12.7. The summed E-state index contributed by atoms with van der Waals surface area (Å²) in [4.78, 5) is 14.7. The van der Waals surface area contributed by atoms with Crippen LogP contribution in [-0.4, -0.2) is 40.2 Å². The van der Waals surface area contributed by atoms with Crippen molar-refractivity contribution in [3.63, 3.8) is 0 Å². The van der Waals surface area contributed by atoms with Crippen LogP contribution in [0.1, 0.15) is 36.9 Å². The van der Waals surface area contributed by atoms with Crippen molar-refractivity contribution in [2.45, 2.75) is 32.2 Å². The van der Waals surface area contributed by atoms with Crippen LogP contribution in [0.15, 0.2) is 6.20 Å². The molecule has 1 amide bonds. The van der Waals surface area contributed by atoms with E-state index in [0.29, 0.717) is 0 Å². The first-order valence-electron chi connectivity index (χ1n) is 7.17. The number of aromatic nitrogens is 2. The molecule has 3 heterocycles. The smallest absolute Gasteiger partial charge is 0.233 e. The Labute approximate surface area is 114 Å². The predicted molar refractivity (Wildman–Crippen MR) is 72.6 cm³/mol. The highest BCUT2D eigenvalue weighted by Gasteiger charge is 2.33. The maximum atomic E-state index is 12.7. The number of nitrogens with one attached hydrogen (secondary N) is 1. The van der Waals surface area contributed by atoms with Crippen LogP contribution in [-0.2, 0) is 18.4 Å². The first-order valence-corrected chi connectivity index (χ1v) is 7.17. The highest BCUT2D eigenvalue weighted by atomic mass is 16.2. The van der Waals surface area contributed by atoms with Gasteiger partial charge in [-0.05, 0) is 18.8 Å². The van der Waals surface area contributed by atoms with Gasteiger partial charge in [-0.25, -0.2) is 0 Å².